The van der Waals surface area contributed by atoms with E-state index in [2.05, 4.69) is 24.6 Å². The van der Waals surface area contributed by atoms with E-state index in [1.54, 1.807) is 37.3 Å². The minimum atomic E-state index is -2.82. The molecule has 4 aromatic rings. The highest BCUT2D eigenvalue weighted by atomic mass is 35.5. The fourth-order valence-electron chi connectivity index (χ4n) is 3.57. The van der Waals surface area contributed by atoms with E-state index in [-0.39, 0.29) is 19.0 Å². The minimum absolute atomic E-state index is 0.0767. The number of aromatic nitrogens is 3. The third kappa shape index (κ3) is 8.13. The molecule has 4 rings (SSSR count). The molecule has 0 saturated heterocycles. The maximum atomic E-state index is 12.8. The molecular weight excluding hydrogens is 561 g/mol. The van der Waals surface area contributed by atoms with Gasteiger partial charge in [0.2, 0.25) is 5.95 Å². The number of para-hydroxylation sites is 1. The number of anilines is 2. The fourth-order valence-corrected chi connectivity index (χ4v) is 5.12. The van der Waals surface area contributed by atoms with Crippen molar-refractivity contribution in [2.75, 3.05) is 18.2 Å². The maximum Gasteiger partial charge on any atom is 0.441 e. The van der Waals surface area contributed by atoms with Crippen LogP contribution in [-0.2, 0) is 26.8 Å². The van der Waals surface area contributed by atoms with Crippen molar-refractivity contribution in [2.24, 2.45) is 4.36 Å². The second kappa shape index (κ2) is 12.9. The molecule has 1 heterocycles. The van der Waals surface area contributed by atoms with Crippen LogP contribution in [0.2, 0.25) is 10.0 Å². The lowest BCUT2D eigenvalue weighted by atomic mass is 10.2. The Bertz CT molecular complexity index is 1610. The average Bonchev–Trinajstić information content (AvgIpc) is 2.89. The molecule has 39 heavy (non-hydrogen) atoms. The number of carbonyl (C=O) groups is 1. The molecule has 0 aliphatic carbocycles. The predicted octanol–water partition coefficient (Wildman–Crippen LogP) is 6.92. The summed E-state index contributed by atoms with van der Waals surface area (Å²) in [5, 5.41) is 4.08. The van der Waals surface area contributed by atoms with Gasteiger partial charge >= 0.3 is 6.09 Å². The van der Waals surface area contributed by atoms with E-state index in [0.29, 0.717) is 38.8 Å². The zero-order chi connectivity index (χ0) is 27.8. The first-order chi connectivity index (χ1) is 18.7. The van der Waals surface area contributed by atoms with Crippen LogP contribution in [0.25, 0.3) is 11.4 Å². The van der Waals surface area contributed by atoms with E-state index in [9.17, 15) is 9.00 Å². The van der Waals surface area contributed by atoms with Gasteiger partial charge < -0.3 is 14.8 Å². The Kier molecular flexibility index (Phi) is 9.34. The Hall–Kier alpha value is -3.73. The number of benzene rings is 3. The summed E-state index contributed by atoms with van der Waals surface area (Å²) in [5.41, 5.74) is 2.93. The molecule has 1 amide bonds. The van der Waals surface area contributed by atoms with E-state index >= 15 is 0 Å². The van der Waals surface area contributed by atoms with Crippen LogP contribution < -0.4 is 10.1 Å². The topological polar surface area (TPSA) is 116 Å². The van der Waals surface area contributed by atoms with Crippen molar-refractivity contribution in [1.82, 2.24) is 15.0 Å². The maximum absolute atomic E-state index is 12.8. The first-order valence-corrected chi connectivity index (χ1v) is 14.6. The van der Waals surface area contributed by atoms with E-state index in [0.717, 1.165) is 11.1 Å². The van der Waals surface area contributed by atoms with Crippen LogP contribution in [0.4, 0.5) is 16.4 Å². The summed E-state index contributed by atoms with van der Waals surface area (Å²) in [4.78, 5) is 24.8. The third-order valence-electron chi connectivity index (χ3n) is 5.23. The zero-order valence-corrected chi connectivity index (χ0v) is 23.5. The summed E-state index contributed by atoms with van der Waals surface area (Å²) < 4.78 is 27.3. The number of amides is 1. The highest BCUT2D eigenvalue weighted by molar-refractivity contribution is 7.92. The number of nitrogens with one attached hydrogen (secondary N) is 1. The molecule has 0 fully saturated rings. The number of hydrogen-bond donors (Lipinski definition) is 1. The lowest BCUT2D eigenvalue weighted by molar-refractivity contribution is 0.164. The standard InChI is InChI=1S/C27H25Cl2N5O4S/c1-3-37-27(35)34-39(2,36)16-19-7-6-8-20(13-19)32-26-31-17-30-25(33-26)21-9-4-5-10-24(21)38-15-18-11-12-22(28)23(29)14-18/h4-14,17H,3,15-16H2,1-2H3,(H,30,31,32,33). The summed E-state index contributed by atoms with van der Waals surface area (Å²) in [5.74, 6) is 1.39. The molecule has 9 nitrogen and oxygen atoms in total. The summed E-state index contributed by atoms with van der Waals surface area (Å²) in [7, 11) is -2.82. The van der Waals surface area contributed by atoms with Crippen molar-refractivity contribution >= 4 is 50.7 Å². The molecular formula is C27H25Cl2N5O4S. The molecule has 0 spiro atoms. The normalized spacial score (nSPS) is 12.3. The van der Waals surface area contributed by atoms with Crippen LogP contribution in [0.3, 0.4) is 0 Å². The van der Waals surface area contributed by atoms with Crippen LogP contribution in [0.1, 0.15) is 18.1 Å². The van der Waals surface area contributed by atoms with Gasteiger partial charge in [0.25, 0.3) is 0 Å². The van der Waals surface area contributed by atoms with Gasteiger partial charge in [0.1, 0.15) is 18.7 Å². The van der Waals surface area contributed by atoms with Gasteiger partial charge in [-0.25, -0.2) is 19.0 Å². The monoisotopic (exact) mass is 585 g/mol. The van der Waals surface area contributed by atoms with Crippen LogP contribution in [0.15, 0.2) is 77.4 Å². The van der Waals surface area contributed by atoms with E-state index in [4.69, 9.17) is 32.7 Å². The first-order valence-electron chi connectivity index (χ1n) is 11.8. The van der Waals surface area contributed by atoms with Gasteiger partial charge in [0.05, 0.1) is 37.7 Å². The Morgan fingerprint density at radius 1 is 1.00 bits per heavy atom. The second-order valence-electron chi connectivity index (χ2n) is 8.39. The Labute approximate surface area is 236 Å². The smallest absolute Gasteiger partial charge is 0.441 e. The molecule has 3 aromatic carbocycles. The van der Waals surface area contributed by atoms with Gasteiger partial charge in [0, 0.05) is 11.9 Å². The summed E-state index contributed by atoms with van der Waals surface area (Å²) in [6.07, 6.45) is 1.99. The molecule has 1 atom stereocenters. The zero-order valence-electron chi connectivity index (χ0n) is 21.1. The van der Waals surface area contributed by atoms with Crippen LogP contribution in [-0.4, -0.2) is 38.1 Å². The molecule has 12 heteroatoms. The van der Waals surface area contributed by atoms with Gasteiger partial charge in [-0.3, -0.25) is 0 Å². The van der Waals surface area contributed by atoms with E-state index in [1.165, 1.54) is 12.6 Å². The van der Waals surface area contributed by atoms with Crippen molar-refractivity contribution in [2.45, 2.75) is 19.3 Å². The molecule has 1 N–H and O–H groups in total. The highest BCUT2D eigenvalue weighted by Gasteiger charge is 2.12. The van der Waals surface area contributed by atoms with Crippen molar-refractivity contribution in [3.05, 3.63) is 94.2 Å². The number of hydrogen-bond acceptors (Lipinski definition) is 8. The van der Waals surface area contributed by atoms with Crippen LogP contribution in [0.5, 0.6) is 5.75 Å². The summed E-state index contributed by atoms with van der Waals surface area (Å²) >= 11 is 12.1. The lowest BCUT2D eigenvalue weighted by Crippen LogP contribution is -2.07. The van der Waals surface area contributed by atoms with Gasteiger partial charge in [-0.05, 0) is 54.4 Å². The molecule has 0 bridgehead atoms. The van der Waals surface area contributed by atoms with Crippen LogP contribution in [0, 0.1) is 0 Å². The number of ether oxygens (including phenoxy) is 2. The summed E-state index contributed by atoms with van der Waals surface area (Å²) in [6.45, 7) is 2.11. The SMILES string of the molecule is CCOC(=O)N=S(C)(=O)Cc1cccc(Nc2ncnc(-c3ccccc3OCc3ccc(Cl)c(Cl)c3)n2)c1. The minimum Gasteiger partial charge on any atom is -0.488 e. The van der Waals surface area contributed by atoms with Gasteiger partial charge in [-0.2, -0.15) is 4.98 Å². The van der Waals surface area contributed by atoms with Gasteiger partial charge in [0.15, 0.2) is 5.82 Å². The molecule has 0 radical (unpaired) electrons. The van der Waals surface area contributed by atoms with Crippen molar-refractivity contribution in [3.63, 3.8) is 0 Å². The van der Waals surface area contributed by atoms with Crippen molar-refractivity contribution < 1.29 is 18.5 Å². The van der Waals surface area contributed by atoms with Crippen molar-refractivity contribution in [1.29, 1.82) is 0 Å². The number of carbonyl (C=O) groups excluding carboxylic acids is 1. The number of rotatable bonds is 9. The quantitative estimate of drug-likeness (QED) is 0.225. The van der Waals surface area contributed by atoms with Crippen LogP contribution >= 0.6 is 23.2 Å². The third-order valence-corrected chi connectivity index (χ3v) is 7.37. The highest BCUT2D eigenvalue weighted by Crippen LogP contribution is 2.29. The van der Waals surface area contributed by atoms with Gasteiger partial charge in [-0.1, -0.05) is 53.5 Å². The number of nitrogens with zero attached hydrogens (tertiary/aromatic N) is 4. The molecule has 0 saturated carbocycles. The Balaban J connectivity index is 1.50. The van der Waals surface area contributed by atoms with E-state index < -0.39 is 15.8 Å². The van der Waals surface area contributed by atoms with Gasteiger partial charge in [-0.15, -0.1) is 4.36 Å². The Morgan fingerprint density at radius 2 is 1.82 bits per heavy atom. The number of halogens is 2. The fraction of sp³-hybridized carbons (Fsp3) is 0.185. The summed E-state index contributed by atoms with van der Waals surface area (Å²) in [6, 6.07) is 20.0. The molecule has 1 unspecified atom stereocenters. The molecule has 202 valence electrons. The predicted molar refractivity (Wildman–Crippen MR) is 153 cm³/mol. The molecule has 0 aliphatic rings. The average molecular weight is 587 g/mol. The molecule has 0 aliphatic heterocycles. The molecule has 1 aromatic heterocycles. The van der Waals surface area contributed by atoms with E-state index in [1.807, 2.05) is 36.4 Å². The Morgan fingerprint density at radius 3 is 2.62 bits per heavy atom. The lowest BCUT2D eigenvalue weighted by Gasteiger charge is -2.12. The second-order valence-corrected chi connectivity index (χ2v) is 11.6. The largest absolute Gasteiger partial charge is 0.488 e. The van der Waals surface area contributed by atoms with Crippen molar-refractivity contribution in [3.8, 4) is 17.1 Å². The first kappa shape index (κ1) is 28.3.